The van der Waals surface area contributed by atoms with Crippen molar-refractivity contribution in [1.82, 2.24) is 0 Å². The number of carboxylic acids is 1. The van der Waals surface area contributed by atoms with E-state index in [0.29, 0.717) is 30.1 Å². The largest absolute Gasteiger partial charge is 0.497 e. The Hall–Kier alpha value is -1.58. The summed E-state index contributed by atoms with van der Waals surface area (Å²) in [6, 6.07) is 4.65. The first-order valence-corrected chi connectivity index (χ1v) is 7.56. The van der Waals surface area contributed by atoms with Gasteiger partial charge in [-0.05, 0) is 49.7 Å². The van der Waals surface area contributed by atoms with Crippen molar-refractivity contribution in [3.63, 3.8) is 0 Å². The standard InChI is InChI=1S/C17H23FO3/c1-3-12-6-8-17(9-7-12,16(19)20)11-13-4-5-14(21-2)10-15(13)18/h4-5,10,12H,3,6-9,11H2,1-2H3,(H,19,20). The fourth-order valence-corrected chi connectivity index (χ4v) is 3.27. The minimum absolute atomic E-state index is 0.259. The van der Waals surface area contributed by atoms with Crippen molar-refractivity contribution < 1.29 is 19.0 Å². The molecule has 1 saturated carbocycles. The maximum absolute atomic E-state index is 14.1. The van der Waals surface area contributed by atoms with Crippen LogP contribution < -0.4 is 4.74 Å². The molecule has 3 nitrogen and oxygen atoms in total. The second kappa shape index (κ2) is 6.46. The average Bonchev–Trinajstić information content (AvgIpc) is 2.49. The zero-order chi connectivity index (χ0) is 15.5. The van der Waals surface area contributed by atoms with Crippen LogP contribution in [-0.4, -0.2) is 18.2 Å². The van der Waals surface area contributed by atoms with Crippen LogP contribution in [0.1, 0.15) is 44.6 Å². The average molecular weight is 294 g/mol. The lowest BCUT2D eigenvalue weighted by molar-refractivity contribution is -0.151. The lowest BCUT2D eigenvalue weighted by atomic mass is 9.67. The van der Waals surface area contributed by atoms with Crippen LogP contribution in [0.25, 0.3) is 0 Å². The molecule has 0 spiro atoms. The molecule has 0 saturated heterocycles. The van der Waals surface area contributed by atoms with E-state index >= 15 is 0 Å². The van der Waals surface area contributed by atoms with Gasteiger partial charge in [-0.3, -0.25) is 4.79 Å². The van der Waals surface area contributed by atoms with Gasteiger partial charge in [-0.25, -0.2) is 4.39 Å². The zero-order valence-electron chi connectivity index (χ0n) is 12.7. The van der Waals surface area contributed by atoms with Crippen LogP contribution in [0.3, 0.4) is 0 Å². The van der Waals surface area contributed by atoms with E-state index in [2.05, 4.69) is 6.92 Å². The number of rotatable bonds is 5. The number of hydrogen-bond acceptors (Lipinski definition) is 2. The van der Waals surface area contributed by atoms with E-state index in [9.17, 15) is 14.3 Å². The van der Waals surface area contributed by atoms with Crippen LogP contribution in [0, 0.1) is 17.2 Å². The van der Waals surface area contributed by atoms with Crippen molar-refractivity contribution in [1.29, 1.82) is 0 Å². The predicted molar refractivity (Wildman–Crippen MR) is 79.0 cm³/mol. The fourth-order valence-electron chi connectivity index (χ4n) is 3.27. The molecule has 1 aromatic carbocycles. The molecule has 1 aliphatic rings. The number of ether oxygens (including phenoxy) is 1. The monoisotopic (exact) mass is 294 g/mol. The third-order valence-corrected chi connectivity index (χ3v) is 4.88. The third-order valence-electron chi connectivity index (χ3n) is 4.88. The topological polar surface area (TPSA) is 46.5 Å². The normalized spacial score (nSPS) is 25.6. The van der Waals surface area contributed by atoms with E-state index in [1.165, 1.54) is 13.2 Å². The van der Waals surface area contributed by atoms with Crippen molar-refractivity contribution in [3.05, 3.63) is 29.6 Å². The first-order chi connectivity index (χ1) is 10.0. The second-order valence-electron chi connectivity index (χ2n) is 6.07. The molecule has 0 heterocycles. The highest BCUT2D eigenvalue weighted by Crippen LogP contribution is 2.43. The van der Waals surface area contributed by atoms with Crippen molar-refractivity contribution in [2.24, 2.45) is 11.3 Å². The number of carboxylic acid groups (broad SMARTS) is 1. The molecule has 0 unspecified atom stereocenters. The fraction of sp³-hybridized carbons (Fsp3) is 0.588. The molecule has 4 heteroatoms. The minimum atomic E-state index is -0.818. The zero-order valence-corrected chi connectivity index (χ0v) is 12.7. The van der Waals surface area contributed by atoms with Crippen LogP contribution in [0.2, 0.25) is 0 Å². The Bertz CT molecular complexity index is 505. The summed E-state index contributed by atoms with van der Waals surface area (Å²) in [6.07, 6.45) is 4.45. The molecule has 1 aromatic rings. The van der Waals surface area contributed by atoms with Crippen molar-refractivity contribution in [2.75, 3.05) is 7.11 Å². The summed E-state index contributed by atoms with van der Waals surface area (Å²) in [5, 5.41) is 9.65. The Balaban J connectivity index is 2.19. The van der Waals surface area contributed by atoms with Gasteiger partial charge < -0.3 is 9.84 Å². The van der Waals surface area contributed by atoms with Gasteiger partial charge in [0.2, 0.25) is 0 Å². The van der Waals surface area contributed by atoms with Gasteiger partial charge in [-0.2, -0.15) is 0 Å². The van der Waals surface area contributed by atoms with Gasteiger partial charge in [0.25, 0.3) is 0 Å². The Morgan fingerprint density at radius 2 is 2.10 bits per heavy atom. The summed E-state index contributed by atoms with van der Waals surface area (Å²) < 4.78 is 19.1. The summed E-state index contributed by atoms with van der Waals surface area (Å²) in [5.74, 6) is -0.117. The third kappa shape index (κ3) is 3.36. The molecule has 0 aromatic heterocycles. The van der Waals surface area contributed by atoms with Crippen molar-refractivity contribution in [3.8, 4) is 5.75 Å². The SMILES string of the molecule is CCC1CCC(Cc2ccc(OC)cc2F)(C(=O)O)CC1. The number of carbonyl (C=O) groups is 1. The molecule has 1 N–H and O–H groups in total. The molecular weight excluding hydrogens is 271 g/mol. The van der Waals surface area contributed by atoms with E-state index in [0.717, 1.165) is 19.3 Å². The van der Waals surface area contributed by atoms with Crippen LogP contribution in [-0.2, 0) is 11.2 Å². The molecule has 1 fully saturated rings. The number of benzene rings is 1. The lowest BCUT2D eigenvalue weighted by Crippen LogP contribution is -2.37. The lowest BCUT2D eigenvalue weighted by Gasteiger charge is -2.36. The highest BCUT2D eigenvalue weighted by molar-refractivity contribution is 5.75. The first-order valence-electron chi connectivity index (χ1n) is 7.56. The van der Waals surface area contributed by atoms with Gasteiger partial charge in [-0.1, -0.05) is 19.4 Å². The summed E-state index contributed by atoms with van der Waals surface area (Å²) in [5.41, 5.74) is -0.352. The van der Waals surface area contributed by atoms with Gasteiger partial charge in [-0.15, -0.1) is 0 Å². The highest BCUT2D eigenvalue weighted by Gasteiger charge is 2.42. The summed E-state index contributed by atoms with van der Waals surface area (Å²) in [4.78, 5) is 11.8. The summed E-state index contributed by atoms with van der Waals surface area (Å²) in [6.45, 7) is 2.14. The Kier molecular flexibility index (Phi) is 4.86. The first kappa shape index (κ1) is 15.8. The van der Waals surface area contributed by atoms with Gasteiger partial charge in [0, 0.05) is 6.07 Å². The molecule has 1 aliphatic carbocycles. The van der Waals surface area contributed by atoms with Crippen LogP contribution in [0.15, 0.2) is 18.2 Å². The van der Waals surface area contributed by atoms with Crippen LogP contribution in [0.5, 0.6) is 5.75 Å². The molecule has 0 amide bonds. The summed E-state index contributed by atoms with van der Waals surface area (Å²) in [7, 11) is 1.49. The molecule has 0 radical (unpaired) electrons. The van der Waals surface area contributed by atoms with Crippen LogP contribution in [0.4, 0.5) is 4.39 Å². The van der Waals surface area contributed by atoms with E-state index in [1.807, 2.05) is 0 Å². The van der Waals surface area contributed by atoms with Gasteiger partial charge >= 0.3 is 5.97 Å². The van der Waals surface area contributed by atoms with E-state index in [1.54, 1.807) is 12.1 Å². The summed E-state index contributed by atoms with van der Waals surface area (Å²) >= 11 is 0. The molecule has 116 valence electrons. The van der Waals surface area contributed by atoms with E-state index in [-0.39, 0.29) is 12.2 Å². The minimum Gasteiger partial charge on any atom is -0.497 e. The number of halogens is 1. The van der Waals surface area contributed by atoms with Crippen LogP contribution >= 0.6 is 0 Å². The quantitative estimate of drug-likeness (QED) is 0.891. The molecular formula is C17H23FO3. The van der Waals surface area contributed by atoms with Gasteiger partial charge in [0.05, 0.1) is 12.5 Å². The number of methoxy groups -OCH3 is 1. The number of aliphatic carboxylic acids is 1. The highest BCUT2D eigenvalue weighted by atomic mass is 19.1. The van der Waals surface area contributed by atoms with Gasteiger partial charge in [0.15, 0.2) is 0 Å². The Morgan fingerprint density at radius 1 is 1.43 bits per heavy atom. The second-order valence-corrected chi connectivity index (χ2v) is 6.07. The van der Waals surface area contributed by atoms with Crippen molar-refractivity contribution in [2.45, 2.75) is 45.4 Å². The maximum Gasteiger partial charge on any atom is 0.309 e. The molecule has 21 heavy (non-hydrogen) atoms. The molecule has 0 atom stereocenters. The van der Waals surface area contributed by atoms with Gasteiger partial charge in [0.1, 0.15) is 11.6 Å². The maximum atomic E-state index is 14.1. The van der Waals surface area contributed by atoms with E-state index in [4.69, 9.17) is 4.74 Å². The smallest absolute Gasteiger partial charge is 0.309 e. The Labute approximate surface area is 125 Å². The Morgan fingerprint density at radius 3 is 2.57 bits per heavy atom. The number of hydrogen-bond donors (Lipinski definition) is 1. The van der Waals surface area contributed by atoms with E-state index < -0.39 is 11.4 Å². The van der Waals surface area contributed by atoms with Crippen molar-refractivity contribution >= 4 is 5.97 Å². The molecule has 0 bridgehead atoms. The molecule has 2 rings (SSSR count). The molecule has 0 aliphatic heterocycles. The predicted octanol–water partition coefficient (Wildman–Crippen LogP) is 4.05.